The molecule has 0 saturated carbocycles. The molecule has 1 aliphatic rings. The Bertz CT molecular complexity index is 908. The van der Waals surface area contributed by atoms with E-state index in [9.17, 15) is 14.0 Å². The zero-order valence-electron chi connectivity index (χ0n) is 15.1. The molecule has 3 rings (SSSR count). The number of carboxylic acid groups (broad SMARTS) is 1. The summed E-state index contributed by atoms with van der Waals surface area (Å²) in [5, 5.41) is 8.92. The molecule has 0 saturated heterocycles. The van der Waals surface area contributed by atoms with Crippen LogP contribution in [0.1, 0.15) is 30.9 Å². The Hall–Kier alpha value is -3.02. The molecule has 0 spiro atoms. The number of nitrogens with zero attached hydrogens (tertiary/aromatic N) is 2. The molecule has 0 fully saturated rings. The molecule has 2 amide bonds. The van der Waals surface area contributed by atoms with Crippen molar-refractivity contribution in [3.05, 3.63) is 59.4 Å². The lowest BCUT2D eigenvalue weighted by Crippen LogP contribution is -2.43. The summed E-state index contributed by atoms with van der Waals surface area (Å²) in [6.07, 6.45) is 2.12. The van der Waals surface area contributed by atoms with Gasteiger partial charge in [0.1, 0.15) is 11.7 Å². The van der Waals surface area contributed by atoms with Crippen LogP contribution in [0.15, 0.2) is 47.5 Å². The number of rotatable bonds is 8. The molecule has 6 heteroatoms. The van der Waals surface area contributed by atoms with E-state index in [1.54, 1.807) is 17.0 Å². The van der Waals surface area contributed by atoms with Gasteiger partial charge in [0.25, 0.3) is 0 Å². The maximum Gasteiger partial charge on any atom is 0.350 e. The smallest absolute Gasteiger partial charge is 0.350 e. The minimum atomic E-state index is -1.06. The van der Waals surface area contributed by atoms with Crippen molar-refractivity contribution in [2.45, 2.75) is 32.6 Å². The van der Waals surface area contributed by atoms with Gasteiger partial charge < -0.3 is 5.11 Å². The highest BCUT2D eigenvalue weighted by atomic mass is 19.1. The first-order valence-corrected chi connectivity index (χ1v) is 8.96. The van der Waals surface area contributed by atoms with Gasteiger partial charge in [-0.25, -0.2) is 9.18 Å². The first kappa shape index (κ1) is 18.8. The summed E-state index contributed by atoms with van der Waals surface area (Å²) in [5.74, 6) is -0.720. The molecule has 2 aromatic carbocycles. The van der Waals surface area contributed by atoms with Gasteiger partial charge in [0.2, 0.25) is 0 Å². The Morgan fingerprint density at radius 1 is 1.15 bits per heavy atom. The first-order chi connectivity index (χ1) is 13.0. The van der Waals surface area contributed by atoms with Gasteiger partial charge in [0, 0.05) is 13.0 Å². The van der Waals surface area contributed by atoms with Gasteiger partial charge in [-0.05, 0) is 54.2 Å². The van der Waals surface area contributed by atoms with Crippen LogP contribution in [0.25, 0.3) is 11.1 Å². The lowest BCUT2D eigenvalue weighted by Gasteiger charge is -2.27. The molecule has 1 aliphatic heterocycles. The van der Waals surface area contributed by atoms with E-state index in [0.29, 0.717) is 6.54 Å². The summed E-state index contributed by atoms with van der Waals surface area (Å²) in [4.78, 5) is 27.8. The highest BCUT2D eigenvalue weighted by molar-refractivity contribution is 6.11. The SMILES string of the molecule is CCN1C(=O)N=C1CCCc1cccc(-c2ccc(F)c(CC(=O)O)c2)c1. The average Bonchev–Trinajstić information content (AvgIpc) is 2.63. The molecule has 1 heterocycles. The number of hydrogen-bond acceptors (Lipinski definition) is 2. The van der Waals surface area contributed by atoms with E-state index < -0.39 is 11.8 Å². The van der Waals surface area contributed by atoms with Crippen LogP contribution >= 0.6 is 0 Å². The van der Waals surface area contributed by atoms with Crippen molar-refractivity contribution in [2.24, 2.45) is 4.99 Å². The summed E-state index contributed by atoms with van der Waals surface area (Å²) < 4.78 is 13.8. The van der Waals surface area contributed by atoms with E-state index in [2.05, 4.69) is 4.99 Å². The van der Waals surface area contributed by atoms with E-state index in [0.717, 1.165) is 41.8 Å². The molecule has 1 N–H and O–H groups in total. The molecule has 0 aromatic heterocycles. The van der Waals surface area contributed by atoms with Crippen LogP contribution in [0.3, 0.4) is 0 Å². The molecular weight excluding hydrogens is 347 g/mol. The van der Waals surface area contributed by atoms with Crippen LogP contribution in [-0.4, -0.2) is 34.4 Å². The van der Waals surface area contributed by atoms with E-state index in [4.69, 9.17) is 5.11 Å². The average molecular weight is 368 g/mol. The summed E-state index contributed by atoms with van der Waals surface area (Å²) in [7, 11) is 0. The van der Waals surface area contributed by atoms with Gasteiger partial charge in [-0.3, -0.25) is 9.69 Å². The molecule has 27 heavy (non-hydrogen) atoms. The zero-order chi connectivity index (χ0) is 19.4. The summed E-state index contributed by atoms with van der Waals surface area (Å²) in [5.41, 5.74) is 3.02. The third-order valence-electron chi connectivity index (χ3n) is 4.60. The van der Waals surface area contributed by atoms with Crippen LogP contribution in [-0.2, 0) is 17.6 Å². The molecule has 0 radical (unpaired) electrons. The number of amides is 2. The van der Waals surface area contributed by atoms with Crippen molar-refractivity contribution >= 4 is 17.8 Å². The topological polar surface area (TPSA) is 70.0 Å². The number of aliphatic carboxylic acids is 1. The number of amidine groups is 1. The first-order valence-electron chi connectivity index (χ1n) is 8.96. The number of hydrogen-bond donors (Lipinski definition) is 1. The molecule has 0 atom stereocenters. The number of carbonyl (C=O) groups excluding carboxylic acids is 1. The number of aryl methyl sites for hydroxylation is 1. The minimum Gasteiger partial charge on any atom is -0.481 e. The minimum absolute atomic E-state index is 0.164. The van der Waals surface area contributed by atoms with Crippen LogP contribution in [0.5, 0.6) is 0 Å². The number of aliphatic imine (C=N–C) groups is 1. The summed E-state index contributed by atoms with van der Waals surface area (Å²) in [6.45, 7) is 2.58. The maximum absolute atomic E-state index is 13.8. The number of halogens is 1. The Morgan fingerprint density at radius 3 is 2.63 bits per heavy atom. The van der Waals surface area contributed by atoms with Gasteiger partial charge in [0.15, 0.2) is 0 Å². The fourth-order valence-electron chi connectivity index (χ4n) is 3.22. The quantitative estimate of drug-likeness (QED) is 0.755. The van der Waals surface area contributed by atoms with Crippen molar-refractivity contribution in [1.82, 2.24) is 4.90 Å². The van der Waals surface area contributed by atoms with Gasteiger partial charge in [0.05, 0.1) is 6.42 Å². The van der Waals surface area contributed by atoms with Gasteiger partial charge in [-0.2, -0.15) is 4.99 Å². The Kier molecular flexibility index (Phi) is 5.64. The zero-order valence-corrected chi connectivity index (χ0v) is 15.1. The summed E-state index contributed by atoms with van der Waals surface area (Å²) >= 11 is 0. The van der Waals surface area contributed by atoms with Crippen LogP contribution in [0.2, 0.25) is 0 Å². The normalized spacial score (nSPS) is 13.3. The second kappa shape index (κ2) is 8.12. The summed E-state index contributed by atoms with van der Waals surface area (Å²) in [6, 6.07) is 12.3. The second-order valence-electron chi connectivity index (χ2n) is 6.49. The lowest BCUT2D eigenvalue weighted by atomic mass is 9.98. The fourth-order valence-corrected chi connectivity index (χ4v) is 3.22. The predicted molar refractivity (Wildman–Crippen MR) is 101 cm³/mol. The molecule has 5 nitrogen and oxygen atoms in total. The third kappa shape index (κ3) is 4.39. The Labute approximate surface area is 157 Å². The van der Waals surface area contributed by atoms with E-state index in [-0.39, 0.29) is 18.0 Å². The van der Waals surface area contributed by atoms with Crippen molar-refractivity contribution < 1.29 is 19.1 Å². The van der Waals surface area contributed by atoms with Gasteiger partial charge in [-0.1, -0.05) is 30.3 Å². The molecule has 2 aromatic rings. The number of benzene rings is 2. The van der Waals surface area contributed by atoms with Crippen molar-refractivity contribution in [1.29, 1.82) is 0 Å². The molecule has 0 aliphatic carbocycles. The van der Waals surface area contributed by atoms with Gasteiger partial charge in [-0.15, -0.1) is 0 Å². The van der Waals surface area contributed by atoms with Gasteiger partial charge >= 0.3 is 12.0 Å². The van der Waals surface area contributed by atoms with Crippen LogP contribution in [0, 0.1) is 5.82 Å². The Morgan fingerprint density at radius 2 is 1.93 bits per heavy atom. The molecule has 0 bridgehead atoms. The van der Waals surface area contributed by atoms with E-state index >= 15 is 0 Å². The maximum atomic E-state index is 13.8. The number of carbonyl (C=O) groups is 2. The van der Waals surface area contributed by atoms with Crippen molar-refractivity contribution in [2.75, 3.05) is 6.54 Å². The highest BCUT2D eigenvalue weighted by Gasteiger charge is 2.26. The second-order valence-corrected chi connectivity index (χ2v) is 6.49. The van der Waals surface area contributed by atoms with Crippen molar-refractivity contribution in [3.8, 4) is 11.1 Å². The molecule has 0 unspecified atom stereocenters. The van der Waals surface area contributed by atoms with E-state index in [1.165, 1.54) is 6.07 Å². The number of urea groups is 1. The lowest BCUT2D eigenvalue weighted by molar-refractivity contribution is -0.136. The largest absolute Gasteiger partial charge is 0.481 e. The molecule has 140 valence electrons. The van der Waals surface area contributed by atoms with Crippen LogP contribution < -0.4 is 0 Å². The van der Waals surface area contributed by atoms with Crippen LogP contribution in [0.4, 0.5) is 9.18 Å². The highest BCUT2D eigenvalue weighted by Crippen LogP contribution is 2.24. The predicted octanol–water partition coefficient (Wildman–Crippen LogP) is 4.30. The van der Waals surface area contributed by atoms with Crippen molar-refractivity contribution in [3.63, 3.8) is 0 Å². The number of carboxylic acids is 1. The van der Waals surface area contributed by atoms with E-state index in [1.807, 2.05) is 31.2 Å². The Balaban J connectivity index is 1.68. The third-order valence-corrected chi connectivity index (χ3v) is 4.60. The fraction of sp³-hybridized carbons (Fsp3) is 0.286. The monoisotopic (exact) mass is 368 g/mol. The standard InChI is InChI=1S/C21H21FN2O3/c1-2-24-19(23-21(24)27)8-4-6-14-5-3-7-15(11-14)16-9-10-18(22)17(12-16)13-20(25)26/h3,5,7,9-12H,2,4,6,8,13H2,1H3,(H,25,26). The molecular formula is C21H21FN2O3.